The molecule has 7 heteroatoms. The average Bonchev–Trinajstić information content (AvgIpc) is 2.84. The summed E-state index contributed by atoms with van der Waals surface area (Å²) >= 11 is 0. The van der Waals surface area contributed by atoms with Crippen LogP contribution in [0.25, 0.3) is 0 Å². The summed E-state index contributed by atoms with van der Waals surface area (Å²) in [7, 11) is 0.120. The van der Waals surface area contributed by atoms with Gasteiger partial charge in [0, 0.05) is 32.9 Å². The predicted octanol–water partition coefficient (Wildman–Crippen LogP) is 1.24. The standard InChI is InChI=1S/C14H20N2O4S/c1-14(13(17)18)8-9-16(10-14)21(19,20)12-6-4-11(5-7-12)15(2)3/h4-7H,8-10H2,1-3H3,(H,17,18). The molecule has 0 spiro atoms. The van der Waals surface area contributed by atoms with E-state index in [1.165, 1.54) is 4.31 Å². The number of carboxylic acid groups (broad SMARTS) is 1. The second-order valence-corrected chi connectivity index (χ2v) is 7.78. The summed E-state index contributed by atoms with van der Waals surface area (Å²) in [6.07, 6.45) is 0.331. The van der Waals surface area contributed by atoms with Crippen molar-refractivity contribution >= 4 is 21.7 Å². The summed E-state index contributed by atoms with van der Waals surface area (Å²) in [5, 5.41) is 9.20. The van der Waals surface area contributed by atoms with Crippen molar-refractivity contribution in [2.24, 2.45) is 5.41 Å². The molecule has 1 N–H and O–H groups in total. The Bertz CT molecular complexity index is 639. The van der Waals surface area contributed by atoms with Crippen LogP contribution in [-0.2, 0) is 14.8 Å². The highest BCUT2D eigenvalue weighted by Crippen LogP contribution is 2.33. The fourth-order valence-electron chi connectivity index (χ4n) is 2.36. The molecule has 1 unspecified atom stereocenters. The number of sulfonamides is 1. The largest absolute Gasteiger partial charge is 0.481 e. The SMILES string of the molecule is CN(C)c1ccc(S(=O)(=O)N2CCC(C)(C(=O)O)C2)cc1. The molecule has 1 heterocycles. The molecular weight excluding hydrogens is 292 g/mol. The van der Waals surface area contributed by atoms with E-state index in [1.807, 2.05) is 19.0 Å². The van der Waals surface area contributed by atoms with E-state index in [-0.39, 0.29) is 18.0 Å². The maximum Gasteiger partial charge on any atom is 0.310 e. The van der Waals surface area contributed by atoms with Crippen molar-refractivity contribution in [1.29, 1.82) is 0 Å². The molecule has 21 heavy (non-hydrogen) atoms. The third-order valence-electron chi connectivity index (χ3n) is 3.95. The number of carboxylic acids is 1. The molecule has 1 aromatic rings. The van der Waals surface area contributed by atoms with Gasteiger partial charge in [-0.1, -0.05) is 0 Å². The third kappa shape index (κ3) is 2.89. The second kappa shape index (κ2) is 5.31. The van der Waals surface area contributed by atoms with Crippen molar-refractivity contribution in [3.05, 3.63) is 24.3 Å². The van der Waals surface area contributed by atoms with Crippen LogP contribution >= 0.6 is 0 Å². The molecular formula is C14H20N2O4S. The van der Waals surface area contributed by atoms with Gasteiger partial charge in [0.25, 0.3) is 0 Å². The quantitative estimate of drug-likeness (QED) is 0.905. The predicted molar refractivity (Wildman–Crippen MR) is 79.9 cm³/mol. The van der Waals surface area contributed by atoms with Gasteiger partial charge < -0.3 is 10.0 Å². The minimum Gasteiger partial charge on any atom is -0.481 e. The zero-order valence-corrected chi connectivity index (χ0v) is 13.2. The zero-order valence-electron chi connectivity index (χ0n) is 12.4. The molecule has 1 aliphatic heterocycles. The van der Waals surface area contributed by atoms with E-state index >= 15 is 0 Å². The number of hydrogen-bond acceptors (Lipinski definition) is 4. The average molecular weight is 312 g/mol. The van der Waals surface area contributed by atoms with Gasteiger partial charge in [0.2, 0.25) is 10.0 Å². The van der Waals surface area contributed by atoms with E-state index < -0.39 is 21.4 Å². The summed E-state index contributed by atoms with van der Waals surface area (Å²) < 4.78 is 26.3. The maximum atomic E-state index is 12.5. The Balaban J connectivity index is 2.25. The van der Waals surface area contributed by atoms with Crippen LogP contribution in [0.15, 0.2) is 29.2 Å². The van der Waals surface area contributed by atoms with Crippen molar-refractivity contribution in [3.63, 3.8) is 0 Å². The lowest BCUT2D eigenvalue weighted by atomic mass is 9.90. The summed E-state index contributed by atoms with van der Waals surface area (Å²) in [4.78, 5) is 13.3. The topological polar surface area (TPSA) is 77.9 Å². The molecule has 1 saturated heterocycles. The first-order valence-electron chi connectivity index (χ1n) is 6.68. The first kappa shape index (κ1) is 15.8. The third-order valence-corrected chi connectivity index (χ3v) is 5.80. The summed E-state index contributed by atoms with van der Waals surface area (Å²) in [6, 6.07) is 6.58. The lowest BCUT2D eigenvalue weighted by molar-refractivity contribution is -0.146. The van der Waals surface area contributed by atoms with Crippen LogP contribution in [0, 0.1) is 5.41 Å². The highest BCUT2D eigenvalue weighted by atomic mass is 32.2. The van der Waals surface area contributed by atoms with Crippen LogP contribution in [0.1, 0.15) is 13.3 Å². The lowest BCUT2D eigenvalue weighted by Crippen LogP contribution is -2.34. The van der Waals surface area contributed by atoms with Crippen molar-refractivity contribution in [2.75, 3.05) is 32.1 Å². The molecule has 0 aliphatic carbocycles. The fraction of sp³-hybridized carbons (Fsp3) is 0.500. The molecule has 6 nitrogen and oxygen atoms in total. The number of rotatable bonds is 4. The number of nitrogens with zero attached hydrogens (tertiary/aromatic N) is 2. The number of carbonyl (C=O) groups is 1. The van der Waals surface area contributed by atoms with E-state index in [0.29, 0.717) is 6.42 Å². The number of benzene rings is 1. The van der Waals surface area contributed by atoms with E-state index in [1.54, 1.807) is 31.2 Å². The van der Waals surface area contributed by atoms with Gasteiger partial charge in [-0.05, 0) is 37.6 Å². The number of anilines is 1. The van der Waals surface area contributed by atoms with Gasteiger partial charge in [0.1, 0.15) is 0 Å². The smallest absolute Gasteiger partial charge is 0.310 e. The monoisotopic (exact) mass is 312 g/mol. The summed E-state index contributed by atoms with van der Waals surface area (Å²) in [5.74, 6) is -0.955. The molecule has 1 atom stereocenters. The van der Waals surface area contributed by atoms with E-state index in [0.717, 1.165) is 5.69 Å². The van der Waals surface area contributed by atoms with Gasteiger partial charge in [-0.25, -0.2) is 8.42 Å². The van der Waals surface area contributed by atoms with Crippen LogP contribution < -0.4 is 4.90 Å². The Morgan fingerprint density at radius 2 is 1.86 bits per heavy atom. The zero-order chi connectivity index (χ0) is 15.8. The molecule has 0 radical (unpaired) electrons. The first-order chi connectivity index (χ1) is 9.67. The first-order valence-corrected chi connectivity index (χ1v) is 8.12. The second-order valence-electron chi connectivity index (χ2n) is 5.84. The fourth-order valence-corrected chi connectivity index (χ4v) is 3.93. The van der Waals surface area contributed by atoms with Crippen molar-refractivity contribution in [2.45, 2.75) is 18.2 Å². The molecule has 2 rings (SSSR count). The minimum atomic E-state index is -3.63. The van der Waals surface area contributed by atoms with Gasteiger partial charge in [0.05, 0.1) is 10.3 Å². The molecule has 0 aromatic heterocycles. The summed E-state index contributed by atoms with van der Waals surface area (Å²) in [5.41, 5.74) is -0.0952. The number of hydrogen-bond donors (Lipinski definition) is 1. The normalized spacial score (nSPS) is 23.2. The number of aliphatic carboxylic acids is 1. The van der Waals surface area contributed by atoms with Crippen molar-refractivity contribution in [3.8, 4) is 0 Å². The molecule has 0 saturated carbocycles. The van der Waals surface area contributed by atoms with Crippen LogP contribution in [0.2, 0.25) is 0 Å². The molecule has 116 valence electrons. The Labute approximate surface area is 125 Å². The Hall–Kier alpha value is -1.60. The van der Waals surface area contributed by atoms with Crippen LogP contribution in [0.3, 0.4) is 0 Å². The highest BCUT2D eigenvalue weighted by Gasteiger charge is 2.44. The molecule has 0 bridgehead atoms. The molecule has 1 aromatic carbocycles. The van der Waals surface area contributed by atoms with Gasteiger partial charge in [-0.2, -0.15) is 4.31 Å². The Morgan fingerprint density at radius 3 is 2.29 bits per heavy atom. The van der Waals surface area contributed by atoms with Crippen molar-refractivity contribution in [1.82, 2.24) is 4.31 Å². The minimum absolute atomic E-state index is 0.0140. The van der Waals surface area contributed by atoms with Crippen LogP contribution in [0.4, 0.5) is 5.69 Å². The van der Waals surface area contributed by atoms with E-state index in [4.69, 9.17) is 0 Å². The maximum absolute atomic E-state index is 12.5. The Kier molecular flexibility index (Phi) is 3.99. The van der Waals surface area contributed by atoms with Gasteiger partial charge in [-0.15, -0.1) is 0 Å². The van der Waals surface area contributed by atoms with E-state index in [2.05, 4.69) is 0 Å². The van der Waals surface area contributed by atoms with E-state index in [9.17, 15) is 18.3 Å². The van der Waals surface area contributed by atoms with Gasteiger partial charge in [0.15, 0.2) is 0 Å². The molecule has 1 aliphatic rings. The highest BCUT2D eigenvalue weighted by molar-refractivity contribution is 7.89. The lowest BCUT2D eigenvalue weighted by Gasteiger charge is -2.20. The summed E-state index contributed by atoms with van der Waals surface area (Å²) in [6.45, 7) is 1.83. The van der Waals surface area contributed by atoms with Crippen LogP contribution in [-0.4, -0.2) is 51.0 Å². The van der Waals surface area contributed by atoms with Crippen molar-refractivity contribution < 1.29 is 18.3 Å². The Morgan fingerprint density at radius 1 is 1.29 bits per heavy atom. The molecule has 1 fully saturated rings. The molecule has 0 amide bonds. The van der Waals surface area contributed by atoms with Gasteiger partial charge >= 0.3 is 5.97 Å². The van der Waals surface area contributed by atoms with Gasteiger partial charge in [-0.3, -0.25) is 4.79 Å². The van der Waals surface area contributed by atoms with Crippen LogP contribution in [0.5, 0.6) is 0 Å².